The predicted molar refractivity (Wildman–Crippen MR) is 112 cm³/mol. The van der Waals surface area contributed by atoms with Gasteiger partial charge in [0, 0.05) is 19.1 Å². The number of aryl methyl sites for hydroxylation is 1. The van der Waals surface area contributed by atoms with E-state index in [1.54, 1.807) is 0 Å². The molecule has 0 spiro atoms. The van der Waals surface area contributed by atoms with Crippen molar-refractivity contribution in [2.24, 2.45) is 12.0 Å². The van der Waals surface area contributed by atoms with Crippen molar-refractivity contribution in [3.8, 4) is 0 Å². The van der Waals surface area contributed by atoms with E-state index in [1.165, 1.54) is 32.1 Å². The van der Waals surface area contributed by atoms with Gasteiger partial charge in [0.15, 0.2) is 11.8 Å². The summed E-state index contributed by atoms with van der Waals surface area (Å²) in [6, 6.07) is 0.991. The summed E-state index contributed by atoms with van der Waals surface area (Å²) in [7, 11) is 2.00. The summed E-state index contributed by atoms with van der Waals surface area (Å²) in [6.07, 6.45) is 11.7. The van der Waals surface area contributed by atoms with Crippen LogP contribution in [0, 0.1) is 6.92 Å². The lowest BCUT2D eigenvalue weighted by Gasteiger charge is -2.32. The Morgan fingerprint density at radius 2 is 1.68 bits per heavy atom. The van der Waals surface area contributed by atoms with Crippen molar-refractivity contribution >= 4 is 5.96 Å². The van der Waals surface area contributed by atoms with E-state index in [9.17, 15) is 0 Å². The molecule has 2 N–H and O–H groups in total. The lowest BCUT2D eigenvalue weighted by molar-refractivity contribution is -0.0152. The van der Waals surface area contributed by atoms with Crippen LogP contribution in [0.4, 0.5) is 0 Å². The zero-order valence-corrected chi connectivity index (χ0v) is 18.1. The molecule has 0 aromatic carbocycles. The molecule has 0 atom stereocenters. The minimum absolute atomic E-state index is 0.314. The van der Waals surface area contributed by atoms with E-state index in [1.807, 2.05) is 18.5 Å². The van der Waals surface area contributed by atoms with Crippen LogP contribution in [0.5, 0.6) is 0 Å². The van der Waals surface area contributed by atoms with E-state index in [2.05, 4.69) is 34.7 Å². The highest BCUT2D eigenvalue weighted by Crippen LogP contribution is 2.23. The Balaban J connectivity index is 1.59. The molecule has 1 aromatic heterocycles. The third-order valence-electron chi connectivity index (χ3n) is 5.99. The number of aliphatic imine (C=N–C) groups is 1. The van der Waals surface area contributed by atoms with Gasteiger partial charge >= 0.3 is 0 Å². The number of nitrogens with one attached hydrogen (secondary N) is 2. The fraction of sp³-hybridized carbons (Fsp3) is 0.857. The molecule has 0 amide bonds. The highest BCUT2D eigenvalue weighted by atomic mass is 16.5. The van der Waals surface area contributed by atoms with Crippen molar-refractivity contribution in [1.82, 2.24) is 25.4 Å². The summed E-state index contributed by atoms with van der Waals surface area (Å²) in [4.78, 5) is 4.86. The van der Waals surface area contributed by atoms with Gasteiger partial charge in [-0.1, -0.05) is 19.3 Å². The van der Waals surface area contributed by atoms with Crippen LogP contribution in [0.3, 0.4) is 0 Å². The topological polar surface area (TPSA) is 76.4 Å². The van der Waals surface area contributed by atoms with Crippen LogP contribution < -0.4 is 10.6 Å². The summed E-state index contributed by atoms with van der Waals surface area (Å²) < 4.78 is 8.01. The SMILES string of the molecule is Cc1nnc(CN=C(NC2CCCCC2)NC2CCC(OC(C)C)CC2)n1C. The van der Waals surface area contributed by atoms with E-state index in [4.69, 9.17) is 9.73 Å². The number of rotatable bonds is 6. The summed E-state index contributed by atoms with van der Waals surface area (Å²) in [6.45, 7) is 6.76. The van der Waals surface area contributed by atoms with Crippen LogP contribution >= 0.6 is 0 Å². The Morgan fingerprint density at radius 1 is 1.04 bits per heavy atom. The maximum atomic E-state index is 6.00. The third kappa shape index (κ3) is 6.19. The average Bonchev–Trinajstić information content (AvgIpc) is 3.00. The third-order valence-corrected chi connectivity index (χ3v) is 5.99. The van der Waals surface area contributed by atoms with E-state index in [0.717, 1.165) is 43.3 Å². The van der Waals surface area contributed by atoms with Crippen LogP contribution in [-0.2, 0) is 18.3 Å². The first-order valence-electron chi connectivity index (χ1n) is 11.1. The first kappa shape index (κ1) is 21.1. The van der Waals surface area contributed by atoms with Crippen LogP contribution in [0.15, 0.2) is 4.99 Å². The normalized spacial score (nSPS) is 24.5. The minimum Gasteiger partial charge on any atom is -0.376 e. The number of nitrogens with zero attached hydrogens (tertiary/aromatic N) is 4. The molecule has 0 bridgehead atoms. The zero-order chi connectivity index (χ0) is 19.9. The van der Waals surface area contributed by atoms with Crippen LogP contribution in [0.1, 0.15) is 83.3 Å². The molecule has 2 aliphatic carbocycles. The molecule has 2 aliphatic rings. The monoisotopic (exact) mass is 390 g/mol. The average molecular weight is 391 g/mol. The van der Waals surface area contributed by atoms with Crippen LogP contribution in [-0.4, -0.2) is 45.0 Å². The molecule has 7 heteroatoms. The van der Waals surface area contributed by atoms with Crippen molar-refractivity contribution in [2.45, 2.75) is 109 Å². The molecule has 158 valence electrons. The van der Waals surface area contributed by atoms with Crippen LogP contribution in [0.2, 0.25) is 0 Å². The molecule has 7 nitrogen and oxygen atoms in total. The van der Waals surface area contributed by atoms with E-state index >= 15 is 0 Å². The maximum Gasteiger partial charge on any atom is 0.192 e. The molecular formula is C21H38N6O. The van der Waals surface area contributed by atoms with Crippen molar-refractivity contribution in [2.75, 3.05) is 0 Å². The van der Waals surface area contributed by atoms with E-state index in [0.29, 0.717) is 30.8 Å². The van der Waals surface area contributed by atoms with Gasteiger partial charge in [-0.25, -0.2) is 4.99 Å². The fourth-order valence-corrected chi connectivity index (χ4v) is 4.23. The Hall–Kier alpha value is -1.63. The fourth-order valence-electron chi connectivity index (χ4n) is 4.23. The van der Waals surface area contributed by atoms with Crippen molar-refractivity contribution < 1.29 is 4.74 Å². The van der Waals surface area contributed by atoms with Gasteiger partial charge in [-0.15, -0.1) is 10.2 Å². The summed E-state index contributed by atoms with van der Waals surface area (Å²) in [5.41, 5.74) is 0. The molecule has 2 saturated carbocycles. The van der Waals surface area contributed by atoms with Gasteiger partial charge in [0.25, 0.3) is 0 Å². The molecule has 3 rings (SSSR count). The Kier molecular flexibility index (Phi) is 7.71. The van der Waals surface area contributed by atoms with Gasteiger partial charge in [-0.05, 0) is 59.3 Å². The number of ether oxygens (including phenoxy) is 1. The van der Waals surface area contributed by atoms with Gasteiger partial charge in [0.1, 0.15) is 12.4 Å². The molecule has 1 aromatic rings. The molecule has 2 fully saturated rings. The highest BCUT2D eigenvalue weighted by molar-refractivity contribution is 5.80. The van der Waals surface area contributed by atoms with Crippen molar-refractivity contribution in [3.05, 3.63) is 11.6 Å². The minimum atomic E-state index is 0.314. The number of aromatic nitrogens is 3. The molecular weight excluding hydrogens is 352 g/mol. The predicted octanol–water partition coefficient (Wildman–Crippen LogP) is 3.23. The quantitative estimate of drug-likeness (QED) is 0.576. The maximum absolute atomic E-state index is 6.00. The van der Waals surface area contributed by atoms with Gasteiger partial charge in [-0.3, -0.25) is 0 Å². The largest absolute Gasteiger partial charge is 0.376 e. The highest BCUT2D eigenvalue weighted by Gasteiger charge is 2.24. The van der Waals surface area contributed by atoms with Gasteiger partial charge in [0.2, 0.25) is 0 Å². The van der Waals surface area contributed by atoms with E-state index < -0.39 is 0 Å². The van der Waals surface area contributed by atoms with Crippen molar-refractivity contribution in [1.29, 1.82) is 0 Å². The summed E-state index contributed by atoms with van der Waals surface area (Å²) in [5.74, 6) is 2.75. The zero-order valence-electron chi connectivity index (χ0n) is 18.1. The second kappa shape index (κ2) is 10.2. The van der Waals surface area contributed by atoms with Crippen molar-refractivity contribution in [3.63, 3.8) is 0 Å². The second-order valence-corrected chi connectivity index (χ2v) is 8.67. The number of hydrogen-bond donors (Lipinski definition) is 2. The molecule has 1 heterocycles. The molecule has 0 aliphatic heterocycles. The van der Waals surface area contributed by atoms with Crippen LogP contribution in [0.25, 0.3) is 0 Å². The summed E-state index contributed by atoms with van der Waals surface area (Å²) in [5, 5.41) is 15.8. The standard InChI is InChI=1S/C21H38N6O/c1-15(2)28-19-12-10-18(11-13-19)24-21(23-17-8-6-5-7-9-17)22-14-20-26-25-16(3)27(20)4/h15,17-19H,5-14H2,1-4H3,(H2,22,23,24). The molecule has 0 unspecified atom stereocenters. The Bertz CT molecular complexity index is 627. The molecule has 28 heavy (non-hydrogen) atoms. The Labute approximate surface area is 169 Å². The van der Waals surface area contributed by atoms with Gasteiger partial charge in [-0.2, -0.15) is 0 Å². The summed E-state index contributed by atoms with van der Waals surface area (Å²) >= 11 is 0. The molecule has 0 saturated heterocycles. The lowest BCUT2D eigenvalue weighted by Crippen LogP contribution is -2.49. The second-order valence-electron chi connectivity index (χ2n) is 8.67. The van der Waals surface area contributed by atoms with Gasteiger partial charge < -0.3 is 19.9 Å². The number of hydrogen-bond acceptors (Lipinski definition) is 4. The molecule has 0 radical (unpaired) electrons. The number of guanidine groups is 1. The first-order chi connectivity index (χ1) is 13.5. The smallest absolute Gasteiger partial charge is 0.192 e. The lowest BCUT2D eigenvalue weighted by atomic mass is 9.92. The van der Waals surface area contributed by atoms with E-state index in [-0.39, 0.29) is 0 Å². The first-order valence-corrected chi connectivity index (χ1v) is 11.1. The Morgan fingerprint density at radius 3 is 2.25 bits per heavy atom. The van der Waals surface area contributed by atoms with Gasteiger partial charge in [0.05, 0.1) is 12.2 Å².